The van der Waals surface area contributed by atoms with Crippen LogP contribution in [0, 0.1) is 0 Å². The third kappa shape index (κ3) is 2.06. The monoisotopic (exact) mass is 283 g/mol. The van der Waals surface area contributed by atoms with E-state index in [4.69, 9.17) is 0 Å². The summed E-state index contributed by atoms with van der Waals surface area (Å²) >= 11 is 3.28. The first-order valence-corrected chi connectivity index (χ1v) is 5.59. The van der Waals surface area contributed by atoms with Gasteiger partial charge in [-0.05, 0) is 22.9 Å². The van der Waals surface area contributed by atoms with Crippen LogP contribution in [0.5, 0.6) is 0 Å². The van der Waals surface area contributed by atoms with Crippen molar-refractivity contribution in [2.45, 2.75) is 13.5 Å². The lowest BCUT2D eigenvalue weighted by atomic mass is 10.3. The van der Waals surface area contributed by atoms with Gasteiger partial charge in [0.15, 0.2) is 0 Å². The molecule has 1 aliphatic heterocycles. The molecule has 2 rings (SSSR count). The Morgan fingerprint density at radius 2 is 2.12 bits per heavy atom. The third-order valence-corrected chi connectivity index (χ3v) is 2.75. The highest BCUT2D eigenvalue weighted by molar-refractivity contribution is 9.10. The maximum Gasteiger partial charge on any atom is 0.256 e. The minimum Gasteiger partial charge on any atom is -0.273 e. The Bertz CT molecular complexity index is 478. The molecule has 1 aromatic heterocycles. The smallest absolute Gasteiger partial charge is 0.256 e. The molecule has 2 amide bonds. The van der Waals surface area contributed by atoms with E-state index in [0.717, 1.165) is 4.47 Å². The molecular formula is C10H10BrN3O2. The first-order chi connectivity index (χ1) is 7.58. The van der Waals surface area contributed by atoms with Crippen LogP contribution in [0.15, 0.2) is 28.5 Å². The molecule has 0 spiro atoms. The molecule has 0 N–H and O–H groups in total. The molecule has 16 heavy (non-hydrogen) atoms. The lowest BCUT2D eigenvalue weighted by Crippen LogP contribution is -2.33. The summed E-state index contributed by atoms with van der Waals surface area (Å²) < 4.78 is 2.55. The zero-order valence-electron chi connectivity index (χ0n) is 8.68. The maximum absolute atomic E-state index is 11.5. The number of nitrogens with zero attached hydrogens (tertiary/aromatic N) is 3. The molecule has 0 aliphatic carbocycles. The number of aromatic nitrogens is 2. The minimum absolute atomic E-state index is 0.212. The molecule has 84 valence electrons. The van der Waals surface area contributed by atoms with E-state index in [1.54, 1.807) is 24.0 Å². The van der Waals surface area contributed by atoms with E-state index in [2.05, 4.69) is 21.0 Å². The molecule has 6 heteroatoms. The van der Waals surface area contributed by atoms with Gasteiger partial charge in [-0.2, -0.15) is 5.10 Å². The van der Waals surface area contributed by atoms with E-state index >= 15 is 0 Å². The summed E-state index contributed by atoms with van der Waals surface area (Å²) in [6, 6.07) is 0. The van der Waals surface area contributed by atoms with Crippen molar-refractivity contribution in [1.82, 2.24) is 14.7 Å². The van der Waals surface area contributed by atoms with Crippen molar-refractivity contribution in [2.24, 2.45) is 0 Å². The van der Waals surface area contributed by atoms with Crippen LogP contribution >= 0.6 is 15.9 Å². The van der Waals surface area contributed by atoms with Crippen molar-refractivity contribution in [1.29, 1.82) is 0 Å². The zero-order chi connectivity index (χ0) is 11.7. The number of amides is 2. The SMILES string of the molecule is CC1=CC(=O)N(CCn2cc(Br)cn2)C1=O. The summed E-state index contributed by atoms with van der Waals surface area (Å²) in [4.78, 5) is 24.2. The molecule has 1 aromatic rings. The molecule has 0 fully saturated rings. The summed E-state index contributed by atoms with van der Waals surface area (Å²) in [6.07, 6.45) is 4.82. The van der Waals surface area contributed by atoms with E-state index < -0.39 is 0 Å². The second kappa shape index (κ2) is 4.21. The van der Waals surface area contributed by atoms with Crippen molar-refractivity contribution in [3.63, 3.8) is 0 Å². The van der Waals surface area contributed by atoms with Gasteiger partial charge in [0.25, 0.3) is 11.8 Å². The number of hydrogen-bond acceptors (Lipinski definition) is 3. The van der Waals surface area contributed by atoms with Crippen LogP contribution in [-0.2, 0) is 16.1 Å². The Kier molecular flexibility index (Phi) is 2.91. The number of halogens is 1. The van der Waals surface area contributed by atoms with E-state index in [0.29, 0.717) is 18.7 Å². The predicted molar refractivity (Wildman–Crippen MR) is 60.4 cm³/mol. The summed E-state index contributed by atoms with van der Waals surface area (Å²) in [5.74, 6) is -0.454. The molecule has 0 atom stereocenters. The largest absolute Gasteiger partial charge is 0.273 e. The molecule has 0 aromatic carbocycles. The highest BCUT2D eigenvalue weighted by Gasteiger charge is 2.27. The van der Waals surface area contributed by atoms with Gasteiger partial charge in [0.05, 0.1) is 17.2 Å². The molecule has 0 bridgehead atoms. The Balaban J connectivity index is 1.97. The topological polar surface area (TPSA) is 55.2 Å². The van der Waals surface area contributed by atoms with Crippen LogP contribution in [0.4, 0.5) is 0 Å². The minimum atomic E-state index is -0.242. The molecule has 0 saturated heterocycles. The van der Waals surface area contributed by atoms with E-state index in [1.165, 1.54) is 11.0 Å². The Morgan fingerprint density at radius 3 is 2.62 bits per heavy atom. The van der Waals surface area contributed by atoms with Crippen molar-refractivity contribution < 1.29 is 9.59 Å². The van der Waals surface area contributed by atoms with Crippen LogP contribution < -0.4 is 0 Å². The zero-order valence-corrected chi connectivity index (χ0v) is 10.3. The standard InChI is InChI=1S/C10H10BrN3O2/c1-7-4-9(15)14(10(7)16)3-2-13-6-8(11)5-12-13/h4-6H,2-3H2,1H3. The lowest BCUT2D eigenvalue weighted by Gasteiger charge is -2.13. The summed E-state index contributed by atoms with van der Waals surface area (Å²) in [7, 11) is 0. The van der Waals surface area contributed by atoms with Crippen molar-refractivity contribution in [2.75, 3.05) is 6.54 Å². The number of carbonyl (C=O) groups is 2. The highest BCUT2D eigenvalue weighted by atomic mass is 79.9. The fraction of sp³-hybridized carbons (Fsp3) is 0.300. The van der Waals surface area contributed by atoms with Gasteiger partial charge in [0, 0.05) is 24.4 Å². The van der Waals surface area contributed by atoms with Gasteiger partial charge in [-0.25, -0.2) is 0 Å². The van der Waals surface area contributed by atoms with Crippen LogP contribution in [-0.4, -0.2) is 33.0 Å². The molecule has 1 aliphatic rings. The molecule has 2 heterocycles. The number of rotatable bonds is 3. The Hall–Kier alpha value is -1.43. The van der Waals surface area contributed by atoms with Gasteiger partial charge in [0.1, 0.15) is 0 Å². The Labute approximate surface area is 101 Å². The second-order valence-electron chi connectivity index (χ2n) is 3.54. The van der Waals surface area contributed by atoms with Crippen LogP contribution in [0.2, 0.25) is 0 Å². The van der Waals surface area contributed by atoms with E-state index in [1.807, 2.05) is 0 Å². The molecule has 5 nitrogen and oxygen atoms in total. The van der Waals surface area contributed by atoms with Gasteiger partial charge in [0.2, 0.25) is 0 Å². The van der Waals surface area contributed by atoms with E-state index in [-0.39, 0.29) is 11.8 Å². The molecule has 0 unspecified atom stereocenters. The number of carbonyl (C=O) groups excluding carboxylic acids is 2. The van der Waals surface area contributed by atoms with Crippen molar-refractivity contribution in [3.8, 4) is 0 Å². The van der Waals surface area contributed by atoms with Gasteiger partial charge >= 0.3 is 0 Å². The fourth-order valence-electron chi connectivity index (χ4n) is 1.51. The van der Waals surface area contributed by atoms with Crippen molar-refractivity contribution >= 4 is 27.7 Å². The fourth-order valence-corrected chi connectivity index (χ4v) is 1.84. The predicted octanol–water partition coefficient (Wildman–Crippen LogP) is 0.961. The molecule has 0 saturated carbocycles. The summed E-state index contributed by atoms with van der Waals surface area (Å²) in [5, 5.41) is 4.05. The van der Waals surface area contributed by atoms with Crippen LogP contribution in [0.1, 0.15) is 6.92 Å². The highest BCUT2D eigenvalue weighted by Crippen LogP contribution is 2.12. The van der Waals surface area contributed by atoms with Crippen LogP contribution in [0.25, 0.3) is 0 Å². The first kappa shape index (κ1) is 11.1. The average molecular weight is 284 g/mol. The third-order valence-electron chi connectivity index (χ3n) is 2.34. The Morgan fingerprint density at radius 1 is 1.38 bits per heavy atom. The van der Waals surface area contributed by atoms with Gasteiger partial charge in [-0.15, -0.1) is 0 Å². The second-order valence-corrected chi connectivity index (χ2v) is 4.46. The number of imide groups is 1. The van der Waals surface area contributed by atoms with Gasteiger partial charge in [-0.3, -0.25) is 19.2 Å². The number of hydrogen-bond donors (Lipinski definition) is 0. The molecular weight excluding hydrogens is 274 g/mol. The van der Waals surface area contributed by atoms with Crippen molar-refractivity contribution in [3.05, 3.63) is 28.5 Å². The lowest BCUT2D eigenvalue weighted by molar-refractivity contribution is -0.137. The average Bonchev–Trinajstić information content (AvgIpc) is 2.72. The normalized spacial score (nSPS) is 15.9. The van der Waals surface area contributed by atoms with Gasteiger partial charge in [-0.1, -0.05) is 0 Å². The first-order valence-electron chi connectivity index (χ1n) is 4.80. The summed E-state index contributed by atoms with van der Waals surface area (Å²) in [5.41, 5.74) is 0.492. The van der Waals surface area contributed by atoms with E-state index in [9.17, 15) is 9.59 Å². The van der Waals surface area contributed by atoms with Crippen LogP contribution in [0.3, 0.4) is 0 Å². The van der Waals surface area contributed by atoms with Gasteiger partial charge < -0.3 is 0 Å². The maximum atomic E-state index is 11.5. The summed E-state index contributed by atoms with van der Waals surface area (Å²) in [6.45, 7) is 2.49. The molecule has 0 radical (unpaired) electrons. The quantitative estimate of drug-likeness (QED) is 0.777.